The second kappa shape index (κ2) is 7.94. The van der Waals surface area contributed by atoms with E-state index in [0.29, 0.717) is 36.0 Å². The highest BCUT2D eigenvalue weighted by Gasteiger charge is 2.49. The fourth-order valence-electron chi connectivity index (χ4n) is 3.67. The number of rotatable bonds is 4. The number of nitrogens with zero attached hydrogens (tertiary/aromatic N) is 1. The van der Waals surface area contributed by atoms with Gasteiger partial charge in [-0.05, 0) is 61.7 Å². The lowest BCUT2D eigenvalue weighted by molar-refractivity contribution is -0.133. The Morgan fingerprint density at radius 1 is 1.06 bits per heavy atom. The summed E-state index contributed by atoms with van der Waals surface area (Å²) in [5.74, 6) is 0.187. The van der Waals surface area contributed by atoms with Crippen LogP contribution >= 0.6 is 0 Å². The Kier molecular flexibility index (Phi) is 5.31. The molecule has 2 aromatic carbocycles. The highest BCUT2D eigenvalue weighted by Crippen LogP contribution is 2.36. The molecular weight excluding hydrogens is 398 g/mol. The van der Waals surface area contributed by atoms with Crippen LogP contribution in [0.15, 0.2) is 36.4 Å². The number of aryl methyl sites for hydroxylation is 2. The van der Waals surface area contributed by atoms with Gasteiger partial charge in [0.15, 0.2) is 11.5 Å². The van der Waals surface area contributed by atoms with Crippen LogP contribution in [0.25, 0.3) is 0 Å². The van der Waals surface area contributed by atoms with E-state index < -0.39 is 23.4 Å². The number of fused-ring (bicyclic) bond motifs is 1. The van der Waals surface area contributed by atoms with Gasteiger partial charge in [-0.15, -0.1) is 0 Å². The van der Waals surface area contributed by atoms with Crippen molar-refractivity contribution in [3.8, 4) is 11.5 Å². The third-order valence-corrected chi connectivity index (χ3v) is 5.69. The molecule has 2 aliphatic rings. The second-order valence-electron chi connectivity index (χ2n) is 8.01. The summed E-state index contributed by atoms with van der Waals surface area (Å²) in [4.78, 5) is 39.2. The molecule has 8 nitrogen and oxygen atoms in total. The van der Waals surface area contributed by atoms with E-state index in [0.717, 1.165) is 22.4 Å². The zero-order valence-electron chi connectivity index (χ0n) is 17.8. The number of hydrogen-bond acceptors (Lipinski definition) is 5. The van der Waals surface area contributed by atoms with Crippen LogP contribution in [0, 0.1) is 13.8 Å². The number of amides is 4. The number of imide groups is 1. The maximum absolute atomic E-state index is 13.2. The average Bonchev–Trinajstić information content (AvgIpc) is 2.90. The molecule has 2 N–H and O–H groups in total. The molecule has 2 heterocycles. The molecule has 1 saturated heterocycles. The van der Waals surface area contributed by atoms with Crippen molar-refractivity contribution in [3.05, 3.63) is 53.1 Å². The average molecular weight is 423 g/mol. The van der Waals surface area contributed by atoms with Gasteiger partial charge in [0.2, 0.25) is 5.91 Å². The Morgan fingerprint density at radius 3 is 2.55 bits per heavy atom. The van der Waals surface area contributed by atoms with Crippen LogP contribution in [0.4, 0.5) is 10.5 Å². The second-order valence-corrected chi connectivity index (χ2v) is 8.01. The lowest BCUT2D eigenvalue weighted by Crippen LogP contribution is -2.42. The van der Waals surface area contributed by atoms with Gasteiger partial charge < -0.3 is 20.1 Å². The topological polar surface area (TPSA) is 97.0 Å². The van der Waals surface area contributed by atoms with Gasteiger partial charge in [0.1, 0.15) is 12.1 Å². The van der Waals surface area contributed by atoms with Gasteiger partial charge in [-0.3, -0.25) is 14.5 Å². The van der Waals surface area contributed by atoms with Crippen LogP contribution in [0.5, 0.6) is 11.5 Å². The summed E-state index contributed by atoms with van der Waals surface area (Å²) in [6.45, 7) is 6.24. The third kappa shape index (κ3) is 3.93. The van der Waals surface area contributed by atoms with Crippen molar-refractivity contribution in [2.24, 2.45) is 0 Å². The monoisotopic (exact) mass is 423 g/mol. The number of urea groups is 1. The van der Waals surface area contributed by atoms with Gasteiger partial charge >= 0.3 is 6.03 Å². The highest BCUT2D eigenvalue weighted by atomic mass is 16.5. The molecule has 0 aromatic heterocycles. The van der Waals surface area contributed by atoms with E-state index in [1.54, 1.807) is 31.2 Å². The first-order valence-electron chi connectivity index (χ1n) is 10.2. The molecule has 1 fully saturated rings. The van der Waals surface area contributed by atoms with Crippen LogP contribution in [-0.2, 0) is 15.1 Å². The molecule has 0 radical (unpaired) electrons. The van der Waals surface area contributed by atoms with Crippen LogP contribution < -0.4 is 20.1 Å². The van der Waals surface area contributed by atoms with E-state index in [1.807, 2.05) is 26.0 Å². The fourth-order valence-corrected chi connectivity index (χ4v) is 3.67. The standard InChI is InChI=1S/C23H25N3O5/c1-14-5-7-17(11-15(14)2)24-20(27)13-26-21(28)23(3,25-22(26)29)16-6-8-18-19(12-16)31-10-4-9-30-18/h5-8,11-12H,4,9-10,13H2,1-3H3,(H,24,27)(H,25,29)/t23-/m1/s1. The first-order valence-corrected chi connectivity index (χ1v) is 10.2. The van der Waals surface area contributed by atoms with Crippen LogP contribution in [0.2, 0.25) is 0 Å². The summed E-state index contributed by atoms with van der Waals surface area (Å²) in [6, 6.07) is 10.1. The Labute approximate surface area is 180 Å². The minimum Gasteiger partial charge on any atom is -0.490 e. The molecular formula is C23H25N3O5. The van der Waals surface area contributed by atoms with Crippen LogP contribution in [0.3, 0.4) is 0 Å². The Morgan fingerprint density at radius 2 is 1.81 bits per heavy atom. The summed E-state index contributed by atoms with van der Waals surface area (Å²) in [5.41, 5.74) is 2.02. The quantitative estimate of drug-likeness (QED) is 0.737. The molecule has 31 heavy (non-hydrogen) atoms. The number of nitrogens with one attached hydrogen (secondary N) is 2. The molecule has 0 aliphatic carbocycles. The maximum atomic E-state index is 13.2. The number of anilines is 1. The van der Waals surface area contributed by atoms with Crippen molar-refractivity contribution >= 4 is 23.5 Å². The van der Waals surface area contributed by atoms with Crippen molar-refractivity contribution in [2.45, 2.75) is 32.7 Å². The number of carbonyl (C=O) groups is 3. The number of hydrogen-bond donors (Lipinski definition) is 2. The predicted octanol–water partition coefficient (Wildman–Crippen LogP) is 2.87. The van der Waals surface area contributed by atoms with Gasteiger partial charge in [0, 0.05) is 12.1 Å². The molecule has 0 saturated carbocycles. The summed E-state index contributed by atoms with van der Waals surface area (Å²) < 4.78 is 11.3. The lowest BCUT2D eigenvalue weighted by atomic mass is 9.91. The number of benzene rings is 2. The van der Waals surface area contributed by atoms with Gasteiger partial charge in [0.05, 0.1) is 13.2 Å². The van der Waals surface area contributed by atoms with Crippen molar-refractivity contribution in [1.29, 1.82) is 0 Å². The van der Waals surface area contributed by atoms with Crippen molar-refractivity contribution in [3.63, 3.8) is 0 Å². The van der Waals surface area contributed by atoms with Crippen LogP contribution in [0.1, 0.15) is 30.0 Å². The number of carbonyl (C=O) groups excluding carboxylic acids is 3. The minimum atomic E-state index is -1.30. The summed E-state index contributed by atoms with van der Waals surface area (Å²) in [5, 5.41) is 5.46. The smallest absolute Gasteiger partial charge is 0.325 e. The third-order valence-electron chi connectivity index (χ3n) is 5.69. The summed E-state index contributed by atoms with van der Waals surface area (Å²) in [6.07, 6.45) is 0.764. The summed E-state index contributed by atoms with van der Waals surface area (Å²) >= 11 is 0. The molecule has 1 atom stereocenters. The molecule has 0 spiro atoms. The lowest BCUT2D eigenvalue weighted by Gasteiger charge is -2.23. The molecule has 2 aliphatic heterocycles. The van der Waals surface area contributed by atoms with Gasteiger partial charge in [-0.25, -0.2) is 4.79 Å². The molecule has 4 rings (SSSR count). The molecule has 0 bridgehead atoms. The van der Waals surface area contributed by atoms with Crippen molar-refractivity contribution in [2.75, 3.05) is 25.1 Å². The number of ether oxygens (including phenoxy) is 2. The zero-order chi connectivity index (χ0) is 22.2. The molecule has 8 heteroatoms. The summed E-state index contributed by atoms with van der Waals surface area (Å²) in [7, 11) is 0. The fraction of sp³-hybridized carbons (Fsp3) is 0.348. The Bertz CT molecular complexity index is 1070. The molecule has 0 unspecified atom stereocenters. The van der Waals surface area contributed by atoms with E-state index in [-0.39, 0.29) is 6.54 Å². The van der Waals surface area contributed by atoms with Crippen molar-refractivity contribution < 1.29 is 23.9 Å². The van der Waals surface area contributed by atoms with Gasteiger partial charge in [0.25, 0.3) is 5.91 Å². The van der Waals surface area contributed by atoms with Gasteiger partial charge in [-0.2, -0.15) is 0 Å². The maximum Gasteiger partial charge on any atom is 0.325 e. The van der Waals surface area contributed by atoms with E-state index in [2.05, 4.69) is 10.6 Å². The Hall–Kier alpha value is -3.55. The highest BCUT2D eigenvalue weighted by molar-refractivity contribution is 6.10. The predicted molar refractivity (Wildman–Crippen MR) is 114 cm³/mol. The molecule has 4 amide bonds. The van der Waals surface area contributed by atoms with E-state index in [9.17, 15) is 14.4 Å². The zero-order valence-corrected chi connectivity index (χ0v) is 17.8. The first kappa shape index (κ1) is 20.7. The molecule has 162 valence electrons. The van der Waals surface area contributed by atoms with E-state index >= 15 is 0 Å². The minimum absolute atomic E-state index is 0.377. The SMILES string of the molecule is Cc1ccc(NC(=O)CN2C(=O)N[C@](C)(c3ccc4c(c3)OCCCO4)C2=O)cc1C. The van der Waals surface area contributed by atoms with Crippen LogP contribution in [-0.4, -0.2) is 42.5 Å². The normalized spacial score (nSPS) is 20.3. The van der Waals surface area contributed by atoms with E-state index in [4.69, 9.17) is 9.47 Å². The molecule has 2 aromatic rings. The van der Waals surface area contributed by atoms with Crippen molar-refractivity contribution in [1.82, 2.24) is 10.2 Å². The van der Waals surface area contributed by atoms with E-state index in [1.165, 1.54) is 0 Å². The first-order chi connectivity index (χ1) is 14.8. The largest absolute Gasteiger partial charge is 0.490 e. The Balaban J connectivity index is 1.51. The van der Waals surface area contributed by atoms with Gasteiger partial charge in [-0.1, -0.05) is 12.1 Å².